The van der Waals surface area contributed by atoms with Gasteiger partial charge in [-0.15, -0.1) is 0 Å². The molecule has 1 atom stereocenters. The van der Waals surface area contributed by atoms with Gasteiger partial charge in [0.15, 0.2) is 5.17 Å². The third-order valence-corrected chi connectivity index (χ3v) is 6.82. The zero-order valence-corrected chi connectivity index (χ0v) is 20.5. The summed E-state index contributed by atoms with van der Waals surface area (Å²) in [5.74, 6) is -0.161. The van der Waals surface area contributed by atoms with Crippen molar-refractivity contribution >= 4 is 51.7 Å². The lowest BCUT2D eigenvalue weighted by Crippen LogP contribution is -2.46. The summed E-state index contributed by atoms with van der Waals surface area (Å²) in [5.41, 5.74) is 2.13. The van der Waals surface area contributed by atoms with E-state index in [1.165, 1.54) is 36.0 Å². The predicted molar refractivity (Wildman–Crippen MR) is 138 cm³/mol. The van der Waals surface area contributed by atoms with Crippen molar-refractivity contribution in [2.45, 2.75) is 18.1 Å². The minimum atomic E-state index is -0.671. The average molecular weight is 512 g/mol. The fourth-order valence-corrected chi connectivity index (χ4v) is 4.73. The lowest BCUT2D eigenvalue weighted by molar-refractivity contribution is -0.129. The number of amides is 2. The number of nitrogens with zero attached hydrogens (tertiary/aromatic N) is 2. The molecule has 1 aliphatic rings. The maximum Gasteiger partial charge on any atom is 0.238 e. The first-order valence-corrected chi connectivity index (χ1v) is 12.2. The molecule has 0 aliphatic carbocycles. The summed E-state index contributed by atoms with van der Waals surface area (Å²) in [4.78, 5) is 32.3. The van der Waals surface area contributed by atoms with Gasteiger partial charge in [-0.1, -0.05) is 35.5 Å². The van der Waals surface area contributed by atoms with E-state index in [1.54, 1.807) is 36.3 Å². The molecule has 180 valence electrons. The smallest absolute Gasteiger partial charge is 0.238 e. The number of carbonyl (C=O) groups excluding carboxylic acids is 2. The van der Waals surface area contributed by atoms with E-state index in [4.69, 9.17) is 16.3 Å². The molecule has 1 aliphatic heterocycles. The van der Waals surface area contributed by atoms with Crippen LogP contribution in [0.4, 0.5) is 15.8 Å². The van der Waals surface area contributed by atoms with Crippen molar-refractivity contribution in [2.24, 2.45) is 4.99 Å². The Morgan fingerprint density at radius 3 is 2.46 bits per heavy atom. The highest BCUT2D eigenvalue weighted by Gasteiger charge is 2.35. The zero-order valence-electron chi connectivity index (χ0n) is 18.9. The zero-order chi connectivity index (χ0) is 24.8. The lowest BCUT2D eigenvalue weighted by atomic mass is 10.1. The fraction of sp³-hybridized carbons (Fsp3) is 0.192. The highest BCUT2D eigenvalue weighted by molar-refractivity contribution is 8.15. The largest absolute Gasteiger partial charge is 0.497 e. The molecule has 0 saturated carbocycles. The number of hydrogen-bond acceptors (Lipinski definition) is 5. The highest BCUT2D eigenvalue weighted by atomic mass is 35.5. The number of ether oxygens (including phenoxy) is 1. The van der Waals surface area contributed by atoms with Crippen LogP contribution in [0.3, 0.4) is 0 Å². The standard InChI is InChI=1S/C26H23ClFN3O3S/c1-34-22-12-2-17(3-13-22)14-15-31-24(32)16-23(25(33)29-20-10-6-19(28)7-11-20)35-26(31)30-21-8-4-18(27)5-9-21/h2-13,23H,14-16H2,1H3,(H,29,33). The Kier molecular flexibility index (Phi) is 8.05. The number of anilines is 1. The molecule has 1 N–H and O–H groups in total. The van der Waals surface area contributed by atoms with Crippen LogP contribution in [-0.2, 0) is 16.0 Å². The number of benzene rings is 3. The number of methoxy groups -OCH3 is 1. The van der Waals surface area contributed by atoms with E-state index in [9.17, 15) is 14.0 Å². The van der Waals surface area contributed by atoms with Crippen LogP contribution in [0.15, 0.2) is 77.8 Å². The first kappa shape index (κ1) is 24.8. The SMILES string of the molecule is COc1ccc(CCN2C(=O)CC(C(=O)Nc3ccc(F)cc3)SC2=Nc2ccc(Cl)cc2)cc1. The monoisotopic (exact) mass is 511 g/mol. The quantitative estimate of drug-likeness (QED) is 0.442. The number of rotatable bonds is 7. The van der Waals surface area contributed by atoms with Gasteiger partial charge in [0.1, 0.15) is 16.8 Å². The Bertz CT molecular complexity index is 1220. The molecule has 3 aromatic carbocycles. The number of amidine groups is 1. The summed E-state index contributed by atoms with van der Waals surface area (Å²) in [5, 5.41) is 3.10. The van der Waals surface area contributed by atoms with E-state index in [-0.39, 0.29) is 18.2 Å². The van der Waals surface area contributed by atoms with E-state index in [2.05, 4.69) is 10.3 Å². The normalized spacial score (nSPS) is 16.9. The summed E-state index contributed by atoms with van der Waals surface area (Å²) < 4.78 is 18.4. The number of hydrogen-bond donors (Lipinski definition) is 1. The van der Waals surface area contributed by atoms with Gasteiger partial charge in [0, 0.05) is 23.7 Å². The second kappa shape index (κ2) is 11.4. The van der Waals surface area contributed by atoms with Crippen LogP contribution in [0.2, 0.25) is 5.02 Å². The molecule has 0 radical (unpaired) electrons. The van der Waals surface area contributed by atoms with Gasteiger partial charge < -0.3 is 10.1 Å². The van der Waals surface area contributed by atoms with Gasteiger partial charge in [-0.3, -0.25) is 14.5 Å². The summed E-state index contributed by atoms with van der Waals surface area (Å²) in [6.07, 6.45) is 0.641. The van der Waals surface area contributed by atoms with Crippen LogP contribution < -0.4 is 10.1 Å². The van der Waals surface area contributed by atoms with E-state index in [0.29, 0.717) is 34.5 Å². The van der Waals surface area contributed by atoms with Gasteiger partial charge in [0.25, 0.3) is 0 Å². The Balaban J connectivity index is 1.53. The van der Waals surface area contributed by atoms with Crippen LogP contribution in [0.25, 0.3) is 0 Å². The number of nitrogens with one attached hydrogen (secondary N) is 1. The van der Waals surface area contributed by atoms with E-state index >= 15 is 0 Å². The van der Waals surface area contributed by atoms with E-state index < -0.39 is 11.1 Å². The van der Waals surface area contributed by atoms with Gasteiger partial charge in [-0.25, -0.2) is 9.38 Å². The lowest BCUT2D eigenvalue weighted by Gasteiger charge is -2.32. The van der Waals surface area contributed by atoms with Crippen molar-refractivity contribution in [3.8, 4) is 5.75 Å². The maximum atomic E-state index is 13.2. The van der Waals surface area contributed by atoms with Crippen LogP contribution in [0, 0.1) is 5.82 Å². The summed E-state index contributed by atoms with van der Waals surface area (Å²) >= 11 is 7.22. The molecule has 35 heavy (non-hydrogen) atoms. The number of halogens is 2. The molecule has 0 spiro atoms. The molecular weight excluding hydrogens is 489 g/mol. The van der Waals surface area contributed by atoms with Gasteiger partial charge >= 0.3 is 0 Å². The van der Waals surface area contributed by atoms with Crippen molar-refractivity contribution in [3.05, 3.63) is 89.2 Å². The molecule has 9 heteroatoms. The molecule has 1 heterocycles. The van der Waals surface area contributed by atoms with Gasteiger partial charge in [0.2, 0.25) is 11.8 Å². The minimum absolute atomic E-state index is 0.0277. The minimum Gasteiger partial charge on any atom is -0.497 e. The van der Waals surface area contributed by atoms with Crippen molar-refractivity contribution < 1.29 is 18.7 Å². The number of aliphatic imine (C=N–C) groups is 1. The summed E-state index contributed by atoms with van der Waals surface area (Å²) in [6.45, 7) is 0.414. The van der Waals surface area contributed by atoms with Crippen LogP contribution in [0.5, 0.6) is 5.75 Å². The van der Waals surface area contributed by atoms with Gasteiger partial charge in [-0.2, -0.15) is 0 Å². The van der Waals surface area contributed by atoms with Crippen LogP contribution in [-0.4, -0.2) is 40.8 Å². The highest BCUT2D eigenvalue weighted by Crippen LogP contribution is 2.30. The summed E-state index contributed by atoms with van der Waals surface area (Å²) in [6, 6.07) is 20.1. The first-order valence-electron chi connectivity index (χ1n) is 10.9. The number of thioether (sulfide) groups is 1. The fourth-order valence-electron chi connectivity index (χ4n) is 3.48. The van der Waals surface area contributed by atoms with Crippen LogP contribution >= 0.6 is 23.4 Å². The molecule has 0 aromatic heterocycles. The second-order valence-electron chi connectivity index (χ2n) is 7.82. The molecule has 1 fully saturated rings. The second-order valence-corrected chi connectivity index (χ2v) is 9.43. The predicted octanol–water partition coefficient (Wildman–Crippen LogP) is 5.69. The van der Waals surface area contributed by atoms with Crippen molar-refractivity contribution in [3.63, 3.8) is 0 Å². The maximum absolute atomic E-state index is 13.2. The Morgan fingerprint density at radius 2 is 1.80 bits per heavy atom. The van der Waals surface area contributed by atoms with E-state index in [0.717, 1.165) is 11.3 Å². The Hall–Kier alpha value is -3.36. The molecular formula is C26H23ClFN3O3S. The number of carbonyl (C=O) groups is 2. The third kappa shape index (κ3) is 6.61. The molecule has 4 rings (SSSR count). The molecule has 0 bridgehead atoms. The summed E-state index contributed by atoms with van der Waals surface area (Å²) in [7, 11) is 1.61. The van der Waals surface area contributed by atoms with Crippen molar-refractivity contribution in [1.82, 2.24) is 4.90 Å². The molecule has 1 saturated heterocycles. The topological polar surface area (TPSA) is 71.0 Å². The van der Waals surface area contributed by atoms with Crippen LogP contribution in [0.1, 0.15) is 12.0 Å². The third-order valence-electron chi connectivity index (χ3n) is 5.38. The van der Waals surface area contributed by atoms with Gasteiger partial charge in [-0.05, 0) is 72.6 Å². The Morgan fingerprint density at radius 1 is 1.11 bits per heavy atom. The van der Waals surface area contributed by atoms with Crippen molar-refractivity contribution in [2.75, 3.05) is 19.0 Å². The molecule has 2 amide bonds. The molecule has 3 aromatic rings. The Labute approximate surface area is 212 Å². The average Bonchev–Trinajstić information content (AvgIpc) is 2.86. The van der Waals surface area contributed by atoms with E-state index in [1.807, 2.05) is 24.3 Å². The molecule has 6 nitrogen and oxygen atoms in total. The van der Waals surface area contributed by atoms with Gasteiger partial charge in [0.05, 0.1) is 12.8 Å². The molecule has 1 unspecified atom stereocenters. The van der Waals surface area contributed by atoms with Crippen molar-refractivity contribution in [1.29, 1.82) is 0 Å². The first-order chi connectivity index (χ1) is 16.9.